The van der Waals surface area contributed by atoms with Gasteiger partial charge in [-0.15, -0.1) is 0 Å². The molecule has 14 heavy (non-hydrogen) atoms. The fraction of sp³-hybridized carbons (Fsp3) is 0.333. The molecule has 11 heteroatoms. The van der Waals surface area contributed by atoms with Crippen molar-refractivity contribution in [3.05, 3.63) is 0 Å². The third-order valence-corrected chi connectivity index (χ3v) is 0.586. The SMILES string of the molecule is O=C(O)C(F)C(=O)O.OB(OF)OF. The number of carboxylic acids is 2. The van der Waals surface area contributed by atoms with E-state index in [0.29, 0.717) is 0 Å². The van der Waals surface area contributed by atoms with Gasteiger partial charge in [-0.1, -0.05) is 9.05 Å². The Labute approximate surface area is 74.6 Å². The van der Waals surface area contributed by atoms with Crippen molar-refractivity contribution in [1.29, 1.82) is 0 Å². The fourth-order valence-corrected chi connectivity index (χ4v) is 0.119. The highest BCUT2D eigenvalue weighted by molar-refractivity contribution is 6.33. The summed E-state index contributed by atoms with van der Waals surface area (Å²) >= 11 is 0. The average Bonchev–Trinajstić information content (AvgIpc) is 2.15. The van der Waals surface area contributed by atoms with Crippen LogP contribution in [0, 0.1) is 0 Å². The van der Waals surface area contributed by atoms with E-state index >= 15 is 0 Å². The summed E-state index contributed by atoms with van der Waals surface area (Å²) in [6.07, 6.45) is -2.80. The molecule has 0 aromatic heterocycles. The van der Waals surface area contributed by atoms with Crippen molar-refractivity contribution < 1.29 is 48.0 Å². The van der Waals surface area contributed by atoms with Gasteiger partial charge in [0.15, 0.2) is 0 Å². The highest BCUT2D eigenvalue weighted by atomic mass is 19.3. The molecule has 0 aliphatic rings. The number of hydrogen-bond acceptors (Lipinski definition) is 5. The Morgan fingerprint density at radius 3 is 1.43 bits per heavy atom. The van der Waals surface area contributed by atoms with Gasteiger partial charge in [-0.05, 0) is 0 Å². The van der Waals surface area contributed by atoms with Crippen LogP contribution in [0.1, 0.15) is 0 Å². The maximum Gasteiger partial charge on any atom is 0.702 e. The standard InChI is InChI=1S/C3H3FO4.BF2HO3/c4-1(2(5)6)3(7)8;2-5-1(4)6-3/h1H,(H,5,6)(H,7,8);4H. The smallest absolute Gasteiger partial charge is 0.479 e. The number of aliphatic carboxylic acids is 2. The van der Waals surface area contributed by atoms with Crippen molar-refractivity contribution in [2.45, 2.75) is 6.17 Å². The van der Waals surface area contributed by atoms with E-state index in [9.17, 15) is 23.0 Å². The van der Waals surface area contributed by atoms with Gasteiger partial charge in [0, 0.05) is 0 Å². The summed E-state index contributed by atoms with van der Waals surface area (Å²) in [6, 6.07) is 0. The lowest BCUT2D eigenvalue weighted by molar-refractivity contribution is -0.155. The van der Waals surface area contributed by atoms with Crippen LogP contribution < -0.4 is 0 Å². The largest absolute Gasteiger partial charge is 0.702 e. The molecule has 0 amide bonds. The van der Waals surface area contributed by atoms with Crippen LogP contribution in [0.2, 0.25) is 0 Å². The van der Waals surface area contributed by atoms with Gasteiger partial charge in [-0.25, -0.2) is 14.0 Å². The molecule has 3 N–H and O–H groups in total. The first-order chi connectivity index (χ1) is 6.36. The summed E-state index contributed by atoms with van der Waals surface area (Å²) in [5.74, 6) is -3.95. The van der Waals surface area contributed by atoms with E-state index in [1.807, 2.05) is 0 Å². The van der Waals surface area contributed by atoms with Crippen LogP contribution >= 0.6 is 0 Å². The molecule has 0 aromatic rings. The predicted octanol–water partition coefficient (Wildman–Crippen LogP) is -0.740. The predicted molar refractivity (Wildman–Crippen MR) is 32.5 cm³/mol. The van der Waals surface area contributed by atoms with Gasteiger partial charge >= 0.3 is 19.3 Å². The zero-order valence-corrected chi connectivity index (χ0v) is 6.26. The summed E-state index contributed by atoms with van der Waals surface area (Å²) in [5, 5.41) is 22.7. The lowest BCUT2D eigenvalue weighted by Gasteiger charge is -1.90. The second kappa shape index (κ2) is 8.28. The van der Waals surface area contributed by atoms with Crippen LogP contribution in [0.3, 0.4) is 0 Å². The van der Waals surface area contributed by atoms with Crippen LogP contribution in [0.25, 0.3) is 0 Å². The van der Waals surface area contributed by atoms with Crippen molar-refractivity contribution in [2.75, 3.05) is 0 Å². The van der Waals surface area contributed by atoms with Crippen LogP contribution in [0.15, 0.2) is 0 Å². The monoisotopic (exact) mass is 220 g/mol. The maximum atomic E-state index is 11.4. The highest BCUT2D eigenvalue weighted by Crippen LogP contribution is 1.88. The van der Waals surface area contributed by atoms with Crippen LogP contribution in [0.4, 0.5) is 13.4 Å². The third kappa shape index (κ3) is 8.77. The van der Waals surface area contributed by atoms with E-state index in [1.54, 1.807) is 0 Å². The van der Waals surface area contributed by atoms with E-state index in [-0.39, 0.29) is 0 Å². The first kappa shape index (κ1) is 15.2. The summed E-state index contributed by atoms with van der Waals surface area (Å²) in [6.45, 7) is 0. The second-order valence-electron chi connectivity index (χ2n) is 1.52. The molecule has 0 atom stereocenters. The Kier molecular flexibility index (Phi) is 8.97. The normalized spacial score (nSPS) is 8.93. The van der Waals surface area contributed by atoms with E-state index in [4.69, 9.17) is 15.2 Å². The van der Waals surface area contributed by atoms with Crippen LogP contribution in [-0.2, 0) is 19.3 Å². The summed E-state index contributed by atoms with van der Waals surface area (Å²) in [4.78, 5) is 23.5. The van der Waals surface area contributed by atoms with Gasteiger partial charge in [0.25, 0.3) is 6.17 Å². The Bertz CT molecular complexity index is 171. The van der Waals surface area contributed by atoms with Gasteiger partial charge in [-0.2, -0.15) is 9.72 Å². The quantitative estimate of drug-likeness (QED) is 0.422. The molecule has 0 heterocycles. The molecule has 0 spiro atoms. The number of rotatable bonds is 4. The lowest BCUT2D eigenvalue weighted by Crippen LogP contribution is -2.24. The zero-order valence-electron chi connectivity index (χ0n) is 6.26. The lowest BCUT2D eigenvalue weighted by atomic mass is 10.3. The van der Waals surface area contributed by atoms with E-state index in [1.165, 1.54) is 0 Å². The summed E-state index contributed by atoms with van der Waals surface area (Å²) in [7, 11) is -2.40. The Morgan fingerprint density at radius 1 is 1.14 bits per heavy atom. The molecule has 0 radical (unpaired) electrons. The molecule has 0 aromatic carbocycles. The van der Waals surface area contributed by atoms with Crippen molar-refractivity contribution in [2.24, 2.45) is 0 Å². The second-order valence-corrected chi connectivity index (χ2v) is 1.52. The van der Waals surface area contributed by atoms with Crippen molar-refractivity contribution in [3.63, 3.8) is 0 Å². The first-order valence-electron chi connectivity index (χ1n) is 2.69. The van der Waals surface area contributed by atoms with Crippen LogP contribution in [0.5, 0.6) is 0 Å². The third-order valence-electron chi connectivity index (χ3n) is 0.586. The average molecular weight is 220 g/mol. The summed E-state index contributed by atoms with van der Waals surface area (Å²) < 4.78 is 32.0. The van der Waals surface area contributed by atoms with E-state index < -0.39 is 25.4 Å². The van der Waals surface area contributed by atoms with Crippen molar-refractivity contribution in [1.82, 2.24) is 0 Å². The van der Waals surface area contributed by atoms with Crippen molar-refractivity contribution >= 4 is 19.3 Å². The minimum atomic E-state index is -2.80. The summed E-state index contributed by atoms with van der Waals surface area (Å²) in [5.41, 5.74) is 0. The van der Waals surface area contributed by atoms with Gasteiger partial charge < -0.3 is 15.2 Å². The maximum absolute atomic E-state index is 11.4. The number of carbonyl (C=O) groups is 2. The fourth-order valence-electron chi connectivity index (χ4n) is 0.119. The number of alkyl halides is 1. The number of hydrogen-bond donors (Lipinski definition) is 3. The molecule has 0 aliphatic carbocycles. The number of halogens is 3. The van der Waals surface area contributed by atoms with Gasteiger partial charge in [0.1, 0.15) is 0 Å². The molecule has 0 aliphatic heterocycles. The Balaban J connectivity index is 0. The molecule has 0 fully saturated rings. The zero-order chi connectivity index (χ0) is 11.7. The Hall–Kier alpha value is -1.33. The molecule has 0 unspecified atom stereocenters. The highest BCUT2D eigenvalue weighted by Gasteiger charge is 2.23. The van der Waals surface area contributed by atoms with Crippen molar-refractivity contribution in [3.8, 4) is 0 Å². The molecule has 0 bridgehead atoms. The van der Waals surface area contributed by atoms with E-state index in [0.717, 1.165) is 0 Å². The van der Waals surface area contributed by atoms with Gasteiger partial charge in [-0.3, -0.25) is 0 Å². The molecule has 0 saturated carbocycles. The van der Waals surface area contributed by atoms with Crippen LogP contribution in [-0.4, -0.2) is 40.7 Å². The molecule has 82 valence electrons. The van der Waals surface area contributed by atoms with E-state index in [2.05, 4.69) is 9.72 Å². The topological polar surface area (TPSA) is 113 Å². The molecular formula is C3H4BF3O7. The van der Waals surface area contributed by atoms with Gasteiger partial charge in [0.05, 0.1) is 0 Å². The Morgan fingerprint density at radius 2 is 1.43 bits per heavy atom. The molecule has 0 rings (SSSR count). The minimum Gasteiger partial charge on any atom is -0.479 e. The van der Waals surface area contributed by atoms with Gasteiger partial charge in [0.2, 0.25) is 0 Å². The number of carboxylic acid groups (broad SMARTS) is 2. The molecular weight excluding hydrogens is 216 g/mol. The molecule has 7 nitrogen and oxygen atoms in total. The first-order valence-corrected chi connectivity index (χ1v) is 2.69. The minimum absolute atomic E-state index is 1.97. The molecule has 0 saturated heterocycles.